The summed E-state index contributed by atoms with van der Waals surface area (Å²) in [5, 5.41) is 12.5. The Balaban J connectivity index is 1.60. The number of methoxy groups -OCH3 is 1. The zero-order chi connectivity index (χ0) is 22.5. The van der Waals surface area contributed by atoms with E-state index in [4.69, 9.17) is 16.3 Å². The second kappa shape index (κ2) is 9.84. The number of carbonyl (C=O) groups excluding carboxylic acids is 1. The number of nitrogens with one attached hydrogen (secondary N) is 1. The molecule has 1 N–H and O–H groups in total. The van der Waals surface area contributed by atoms with Crippen molar-refractivity contribution in [2.24, 2.45) is 0 Å². The van der Waals surface area contributed by atoms with Gasteiger partial charge in [-0.05, 0) is 66.7 Å². The van der Waals surface area contributed by atoms with Gasteiger partial charge in [0.25, 0.3) is 0 Å². The SMILES string of the molecule is COc1ccc(-c2nnc(SCC(=O)Nc3cccc(F)c3)n2-c2ccc(Cl)cc2)cc1. The van der Waals surface area contributed by atoms with Gasteiger partial charge in [-0.15, -0.1) is 10.2 Å². The zero-order valence-electron chi connectivity index (χ0n) is 17.0. The number of nitrogens with zero attached hydrogens (tertiary/aromatic N) is 3. The van der Waals surface area contributed by atoms with Gasteiger partial charge in [-0.1, -0.05) is 29.4 Å². The Hall–Kier alpha value is -3.36. The minimum atomic E-state index is -0.415. The van der Waals surface area contributed by atoms with Gasteiger partial charge in [-0.25, -0.2) is 4.39 Å². The fourth-order valence-electron chi connectivity index (χ4n) is 3.01. The van der Waals surface area contributed by atoms with Crippen LogP contribution in [0.25, 0.3) is 17.1 Å². The minimum absolute atomic E-state index is 0.0743. The first-order valence-electron chi connectivity index (χ1n) is 9.57. The van der Waals surface area contributed by atoms with Gasteiger partial charge in [0.15, 0.2) is 11.0 Å². The number of rotatable bonds is 7. The first-order chi connectivity index (χ1) is 15.5. The van der Waals surface area contributed by atoms with Crippen molar-refractivity contribution in [3.8, 4) is 22.8 Å². The lowest BCUT2D eigenvalue weighted by molar-refractivity contribution is -0.113. The van der Waals surface area contributed by atoms with Gasteiger partial charge in [0.1, 0.15) is 11.6 Å². The van der Waals surface area contributed by atoms with E-state index in [1.54, 1.807) is 25.3 Å². The van der Waals surface area contributed by atoms with Crippen molar-refractivity contribution in [3.05, 3.63) is 83.6 Å². The second-order valence-corrected chi connectivity index (χ2v) is 8.07. The maximum atomic E-state index is 13.4. The summed E-state index contributed by atoms with van der Waals surface area (Å²) in [7, 11) is 1.61. The zero-order valence-corrected chi connectivity index (χ0v) is 18.5. The first-order valence-corrected chi connectivity index (χ1v) is 10.9. The van der Waals surface area contributed by atoms with Gasteiger partial charge in [0, 0.05) is 22.0 Å². The molecule has 1 amide bonds. The molecule has 0 radical (unpaired) electrons. The molecule has 0 aliphatic rings. The molecule has 0 saturated carbocycles. The summed E-state index contributed by atoms with van der Waals surface area (Å²) in [6, 6.07) is 20.5. The lowest BCUT2D eigenvalue weighted by Gasteiger charge is -2.11. The molecule has 4 aromatic rings. The number of benzene rings is 3. The quantitative estimate of drug-likeness (QED) is 0.364. The number of amides is 1. The van der Waals surface area contributed by atoms with Crippen LogP contribution in [0.15, 0.2) is 78.0 Å². The Kier molecular flexibility index (Phi) is 6.72. The third kappa shape index (κ3) is 5.09. The number of hydrogen-bond donors (Lipinski definition) is 1. The highest BCUT2D eigenvalue weighted by Crippen LogP contribution is 2.29. The molecule has 1 aromatic heterocycles. The molecule has 0 saturated heterocycles. The lowest BCUT2D eigenvalue weighted by Crippen LogP contribution is -2.14. The molecule has 6 nitrogen and oxygen atoms in total. The van der Waals surface area contributed by atoms with Crippen LogP contribution in [0.5, 0.6) is 5.75 Å². The molecule has 0 unspecified atom stereocenters. The third-order valence-corrected chi connectivity index (χ3v) is 5.69. The van der Waals surface area contributed by atoms with Crippen molar-refractivity contribution in [1.82, 2.24) is 14.8 Å². The van der Waals surface area contributed by atoms with Gasteiger partial charge in [0.05, 0.1) is 12.9 Å². The predicted octanol–water partition coefficient (Wildman–Crippen LogP) is 5.47. The topological polar surface area (TPSA) is 69.0 Å². The summed E-state index contributed by atoms with van der Waals surface area (Å²) < 4.78 is 20.4. The molecule has 32 heavy (non-hydrogen) atoms. The molecule has 0 aliphatic heterocycles. The molecular weight excluding hydrogens is 451 g/mol. The third-order valence-electron chi connectivity index (χ3n) is 4.51. The van der Waals surface area contributed by atoms with Crippen LogP contribution >= 0.6 is 23.4 Å². The van der Waals surface area contributed by atoms with Gasteiger partial charge < -0.3 is 10.1 Å². The molecule has 0 atom stereocenters. The number of aromatic nitrogens is 3. The molecule has 0 spiro atoms. The average Bonchev–Trinajstić information content (AvgIpc) is 3.22. The number of carbonyl (C=O) groups is 1. The molecule has 9 heteroatoms. The van der Waals surface area contributed by atoms with Crippen molar-refractivity contribution in [2.45, 2.75) is 5.16 Å². The van der Waals surface area contributed by atoms with E-state index >= 15 is 0 Å². The standard InChI is InChI=1S/C23H18ClFN4O2S/c1-31-20-11-5-15(6-12-20)22-27-28-23(29(22)19-9-7-16(24)8-10-19)32-14-21(30)26-18-4-2-3-17(25)13-18/h2-13H,14H2,1H3,(H,26,30). The van der Waals surface area contributed by atoms with Gasteiger partial charge in [0.2, 0.25) is 5.91 Å². The van der Waals surface area contributed by atoms with Crippen LogP contribution in [0.3, 0.4) is 0 Å². The Morgan fingerprint density at radius 1 is 1.09 bits per heavy atom. The normalized spacial score (nSPS) is 10.7. The predicted molar refractivity (Wildman–Crippen MR) is 124 cm³/mol. The van der Waals surface area contributed by atoms with Gasteiger partial charge in [-0.3, -0.25) is 9.36 Å². The van der Waals surface area contributed by atoms with Crippen molar-refractivity contribution >= 4 is 35.0 Å². The first kappa shape index (κ1) is 21.9. The Morgan fingerprint density at radius 2 is 1.84 bits per heavy atom. The van der Waals surface area contributed by atoms with Crippen molar-refractivity contribution < 1.29 is 13.9 Å². The van der Waals surface area contributed by atoms with E-state index in [1.807, 2.05) is 41.0 Å². The van der Waals surface area contributed by atoms with E-state index in [1.165, 1.54) is 30.0 Å². The van der Waals surface area contributed by atoms with Crippen LogP contribution in [0.1, 0.15) is 0 Å². The monoisotopic (exact) mass is 468 g/mol. The van der Waals surface area contributed by atoms with Crippen LogP contribution in [-0.2, 0) is 4.79 Å². The molecule has 162 valence electrons. The largest absolute Gasteiger partial charge is 0.497 e. The summed E-state index contributed by atoms with van der Waals surface area (Å²) in [6.07, 6.45) is 0. The average molecular weight is 469 g/mol. The van der Waals surface area contributed by atoms with E-state index in [2.05, 4.69) is 15.5 Å². The highest BCUT2D eigenvalue weighted by Gasteiger charge is 2.17. The fourth-order valence-corrected chi connectivity index (χ4v) is 3.88. The van der Waals surface area contributed by atoms with Crippen molar-refractivity contribution in [1.29, 1.82) is 0 Å². The van der Waals surface area contributed by atoms with Crippen LogP contribution in [0.4, 0.5) is 10.1 Å². The highest BCUT2D eigenvalue weighted by atomic mass is 35.5. The van der Waals surface area contributed by atoms with Crippen molar-refractivity contribution in [2.75, 3.05) is 18.2 Å². The fraction of sp³-hybridized carbons (Fsp3) is 0.0870. The van der Waals surface area contributed by atoms with Crippen LogP contribution in [0, 0.1) is 5.82 Å². The molecule has 0 aliphatic carbocycles. The van der Waals surface area contributed by atoms with E-state index in [9.17, 15) is 9.18 Å². The molecule has 1 heterocycles. The number of thioether (sulfide) groups is 1. The maximum Gasteiger partial charge on any atom is 0.234 e. The number of ether oxygens (including phenoxy) is 1. The maximum absolute atomic E-state index is 13.4. The highest BCUT2D eigenvalue weighted by molar-refractivity contribution is 7.99. The Morgan fingerprint density at radius 3 is 2.53 bits per heavy atom. The van der Waals surface area contributed by atoms with E-state index in [-0.39, 0.29) is 11.7 Å². The summed E-state index contributed by atoms with van der Waals surface area (Å²) in [5.74, 6) is 0.724. The minimum Gasteiger partial charge on any atom is -0.497 e. The van der Waals surface area contributed by atoms with Gasteiger partial charge >= 0.3 is 0 Å². The Bertz CT molecular complexity index is 1230. The van der Waals surface area contributed by atoms with Gasteiger partial charge in [-0.2, -0.15) is 0 Å². The number of anilines is 1. The molecule has 4 rings (SSSR count). The number of halogens is 2. The molecule has 3 aromatic carbocycles. The summed E-state index contributed by atoms with van der Waals surface area (Å²) in [4.78, 5) is 12.4. The van der Waals surface area contributed by atoms with Crippen molar-refractivity contribution in [3.63, 3.8) is 0 Å². The van der Waals surface area contributed by atoms with Crippen LogP contribution in [0.2, 0.25) is 5.02 Å². The number of hydrogen-bond acceptors (Lipinski definition) is 5. The lowest BCUT2D eigenvalue weighted by atomic mass is 10.2. The van der Waals surface area contributed by atoms with E-state index in [0.29, 0.717) is 21.7 Å². The molecule has 0 bridgehead atoms. The van der Waals surface area contributed by atoms with E-state index < -0.39 is 5.82 Å². The summed E-state index contributed by atoms with van der Waals surface area (Å²) >= 11 is 7.28. The molecule has 0 fully saturated rings. The van der Waals surface area contributed by atoms with Crippen LogP contribution in [-0.4, -0.2) is 33.5 Å². The second-order valence-electron chi connectivity index (χ2n) is 6.69. The smallest absolute Gasteiger partial charge is 0.234 e. The van der Waals surface area contributed by atoms with E-state index in [0.717, 1.165) is 17.0 Å². The van der Waals surface area contributed by atoms with Crippen LogP contribution < -0.4 is 10.1 Å². The Labute approximate surface area is 193 Å². The molecular formula is C23H18ClFN4O2S. The summed E-state index contributed by atoms with van der Waals surface area (Å²) in [6.45, 7) is 0. The summed E-state index contributed by atoms with van der Waals surface area (Å²) in [5.41, 5.74) is 2.04.